The smallest absolute Gasteiger partial charge is 0.258 e. The van der Waals surface area contributed by atoms with E-state index in [2.05, 4.69) is 10.6 Å². The number of nitrogens with one attached hydrogen (secondary N) is 2. The molecular formula is C17H19N3O3. The molecular weight excluding hydrogens is 294 g/mol. The molecule has 0 bridgehead atoms. The van der Waals surface area contributed by atoms with Gasteiger partial charge < -0.3 is 20.8 Å². The van der Waals surface area contributed by atoms with Crippen molar-refractivity contribution in [1.29, 1.82) is 0 Å². The van der Waals surface area contributed by atoms with Crippen molar-refractivity contribution in [3.63, 3.8) is 0 Å². The van der Waals surface area contributed by atoms with Crippen LogP contribution in [0.5, 0.6) is 0 Å². The highest BCUT2D eigenvalue weighted by molar-refractivity contribution is 6.04. The summed E-state index contributed by atoms with van der Waals surface area (Å²) < 4.78 is 4.89. The fourth-order valence-electron chi connectivity index (χ4n) is 2.77. The second-order valence-corrected chi connectivity index (χ2v) is 5.81. The fraction of sp³-hybridized carbons (Fsp3) is 0.294. The summed E-state index contributed by atoms with van der Waals surface area (Å²) >= 11 is 0. The summed E-state index contributed by atoms with van der Waals surface area (Å²) in [7, 11) is 0. The van der Waals surface area contributed by atoms with Crippen LogP contribution in [0.3, 0.4) is 0 Å². The average molecular weight is 313 g/mol. The van der Waals surface area contributed by atoms with Crippen LogP contribution in [0.1, 0.15) is 29.6 Å². The highest BCUT2D eigenvalue weighted by Gasteiger charge is 2.27. The first-order valence-corrected chi connectivity index (χ1v) is 7.62. The second kappa shape index (κ2) is 6.66. The lowest BCUT2D eigenvalue weighted by Gasteiger charge is -2.12. The Balaban J connectivity index is 1.63. The van der Waals surface area contributed by atoms with Crippen molar-refractivity contribution < 1.29 is 14.0 Å². The molecule has 2 unspecified atom stereocenters. The van der Waals surface area contributed by atoms with Gasteiger partial charge in [-0.1, -0.05) is 6.07 Å². The van der Waals surface area contributed by atoms with Gasteiger partial charge in [-0.05, 0) is 43.5 Å². The molecule has 0 spiro atoms. The van der Waals surface area contributed by atoms with Gasteiger partial charge in [-0.15, -0.1) is 0 Å². The van der Waals surface area contributed by atoms with Gasteiger partial charge in [0, 0.05) is 23.3 Å². The Kier molecular flexibility index (Phi) is 4.43. The minimum Gasteiger partial charge on any atom is -0.472 e. The monoisotopic (exact) mass is 313 g/mol. The van der Waals surface area contributed by atoms with Crippen molar-refractivity contribution in [3.05, 3.63) is 48.4 Å². The number of hydrogen-bond donors (Lipinski definition) is 3. The van der Waals surface area contributed by atoms with Crippen LogP contribution in [0, 0.1) is 5.92 Å². The molecule has 6 heteroatoms. The van der Waals surface area contributed by atoms with E-state index in [1.54, 1.807) is 30.3 Å². The largest absolute Gasteiger partial charge is 0.472 e. The predicted molar refractivity (Wildman–Crippen MR) is 87.0 cm³/mol. The van der Waals surface area contributed by atoms with Gasteiger partial charge >= 0.3 is 0 Å². The Morgan fingerprint density at radius 3 is 2.57 bits per heavy atom. The Bertz CT molecular complexity index is 697. The van der Waals surface area contributed by atoms with Crippen molar-refractivity contribution >= 4 is 23.2 Å². The van der Waals surface area contributed by atoms with Gasteiger partial charge in [-0.2, -0.15) is 0 Å². The highest BCUT2D eigenvalue weighted by atomic mass is 16.3. The first-order valence-electron chi connectivity index (χ1n) is 7.62. The molecule has 0 aliphatic heterocycles. The molecule has 4 N–H and O–H groups in total. The third-order valence-electron chi connectivity index (χ3n) is 4.02. The lowest BCUT2D eigenvalue weighted by Crippen LogP contribution is -2.23. The number of hydrogen-bond acceptors (Lipinski definition) is 4. The Morgan fingerprint density at radius 1 is 1.13 bits per heavy atom. The van der Waals surface area contributed by atoms with Gasteiger partial charge in [0.1, 0.15) is 6.26 Å². The lowest BCUT2D eigenvalue weighted by atomic mass is 10.1. The van der Waals surface area contributed by atoms with Crippen LogP contribution in [-0.2, 0) is 4.79 Å². The van der Waals surface area contributed by atoms with E-state index in [0.29, 0.717) is 16.9 Å². The molecule has 2 atom stereocenters. The van der Waals surface area contributed by atoms with E-state index >= 15 is 0 Å². The normalized spacial score (nSPS) is 20.2. The summed E-state index contributed by atoms with van der Waals surface area (Å²) in [5, 5.41) is 5.65. The van der Waals surface area contributed by atoms with Crippen LogP contribution >= 0.6 is 0 Å². The molecule has 0 saturated heterocycles. The predicted octanol–water partition coefficient (Wildman–Crippen LogP) is 2.60. The molecule has 3 rings (SSSR count). The van der Waals surface area contributed by atoms with Crippen LogP contribution in [0.2, 0.25) is 0 Å². The third-order valence-corrected chi connectivity index (χ3v) is 4.02. The van der Waals surface area contributed by atoms with Gasteiger partial charge in [0.15, 0.2) is 0 Å². The molecule has 1 aromatic heterocycles. The summed E-state index contributed by atoms with van der Waals surface area (Å²) in [6.07, 6.45) is 5.26. The molecule has 2 aromatic rings. The molecule has 1 aliphatic carbocycles. The maximum absolute atomic E-state index is 12.2. The molecule has 1 aliphatic rings. The number of carbonyl (C=O) groups excluding carboxylic acids is 2. The maximum atomic E-state index is 12.2. The van der Waals surface area contributed by atoms with Crippen molar-refractivity contribution in [3.8, 4) is 0 Å². The van der Waals surface area contributed by atoms with E-state index in [0.717, 1.165) is 19.3 Å². The number of carbonyl (C=O) groups is 2. The van der Waals surface area contributed by atoms with Crippen LogP contribution in [0.25, 0.3) is 0 Å². The Hall–Kier alpha value is -2.60. The van der Waals surface area contributed by atoms with Crippen molar-refractivity contribution in [2.24, 2.45) is 11.7 Å². The first-order chi connectivity index (χ1) is 11.1. The van der Waals surface area contributed by atoms with E-state index in [4.69, 9.17) is 10.2 Å². The molecule has 1 fully saturated rings. The van der Waals surface area contributed by atoms with E-state index < -0.39 is 0 Å². The van der Waals surface area contributed by atoms with E-state index in [9.17, 15) is 9.59 Å². The summed E-state index contributed by atoms with van der Waals surface area (Å²) in [4.78, 5) is 24.2. The minimum absolute atomic E-state index is 0.0174. The van der Waals surface area contributed by atoms with Gasteiger partial charge in [0.2, 0.25) is 5.91 Å². The number of anilines is 2. The summed E-state index contributed by atoms with van der Waals surface area (Å²) in [6, 6.07) is 8.77. The number of nitrogens with two attached hydrogens (primary N) is 1. The zero-order chi connectivity index (χ0) is 16.2. The van der Waals surface area contributed by atoms with Gasteiger partial charge in [-0.3, -0.25) is 9.59 Å². The van der Waals surface area contributed by atoms with Crippen molar-refractivity contribution in [2.45, 2.75) is 25.3 Å². The zero-order valence-electron chi connectivity index (χ0n) is 12.6. The Morgan fingerprint density at radius 2 is 1.91 bits per heavy atom. The maximum Gasteiger partial charge on any atom is 0.258 e. The fourth-order valence-corrected chi connectivity index (χ4v) is 2.77. The van der Waals surface area contributed by atoms with Gasteiger partial charge in [-0.25, -0.2) is 0 Å². The lowest BCUT2D eigenvalue weighted by molar-refractivity contribution is -0.119. The quantitative estimate of drug-likeness (QED) is 0.808. The minimum atomic E-state index is -0.260. The van der Waals surface area contributed by atoms with E-state index in [1.165, 1.54) is 12.5 Å². The zero-order valence-corrected chi connectivity index (χ0v) is 12.6. The van der Waals surface area contributed by atoms with E-state index in [-0.39, 0.29) is 23.8 Å². The number of furan rings is 1. The second-order valence-electron chi connectivity index (χ2n) is 5.81. The van der Waals surface area contributed by atoms with Crippen LogP contribution in [-0.4, -0.2) is 17.9 Å². The number of rotatable bonds is 4. The summed E-state index contributed by atoms with van der Waals surface area (Å²) in [5.74, 6) is -0.311. The molecule has 2 amide bonds. The van der Waals surface area contributed by atoms with Gasteiger partial charge in [0.05, 0.1) is 11.8 Å². The summed E-state index contributed by atoms with van der Waals surface area (Å²) in [6.45, 7) is 0. The standard InChI is InChI=1S/C17H19N3O3/c18-13-5-4-11(8-13)16(21)19-14-2-1-3-15(9-14)20-17(22)12-6-7-23-10-12/h1-3,6-7,9-11,13H,4-5,8,18H2,(H,19,21)(H,20,22). The molecule has 23 heavy (non-hydrogen) atoms. The third kappa shape index (κ3) is 3.78. The molecule has 1 aromatic carbocycles. The average Bonchev–Trinajstić information content (AvgIpc) is 3.18. The highest BCUT2D eigenvalue weighted by Crippen LogP contribution is 2.26. The van der Waals surface area contributed by atoms with Crippen molar-refractivity contribution in [1.82, 2.24) is 0 Å². The Labute approximate surface area is 134 Å². The number of amides is 2. The topological polar surface area (TPSA) is 97.4 Å². The summed E-state index contributed by atoms with van der Waals surface area (Å²) in [5.41, 5.74) is 7.55. The molecule has 6 nitrogen and oxygen atoms in total. The molecule has 0 radical (unpaired) electrons. The first kappa shape index (κ1) is 15.3. The van der Waals surface area contributed by atoms with Crippen LogP contribution in [0.4, 0.5) is 11.4 Å². The van der Waals surface area contributed by atoms with Crippen molar-refractivity contribution in [2.75, 3.05) is 10.6 Å². The molecule has 1 heterocycles. The number of benzene rings is 1. The molecule has 1 saturated carbocycles. The van der Waals surface area contributed by atoms with E-state index in [1.807, 2.05) is 0 Å². The van der Waals surface area contributed by atoms with Crippen LogP contribution < -0.4 is 16.4 Å². The molecule has 120 valence electrons. The SMILES string of the molecule is NC1CCC(C(=O)Nc2cccc(NC(=O)c3ccoc3)c2)C1. The van der Waals surface area contributed by atoms with Gasteiger partial charge in [0.25, 0.3) is 5.91 Å². The van der Waals surface area contributed by atoms with Crippen LogP contribution in [0.15, 0.2) is 47.3 Å².